The summed E-state index contributed by atoms with van der Waals surface area (Å²) in [7, 11) is 0. The second kappa shape index (κ2) is 8.12. The van der Waals surface area contributed by atoms with E-state index in [0.29, 0.717) is 30.3 Å². The zero-order valence-corrected chi connectivity index (χ0v) is 17.7. The van der Waals surface area contributed by atoms with Gasteiger partial charge < -0.3 is 14.9 Å². The van der Waals surface area contributed by atoms with E-state index in [1.54, 1.807) is 0 Å². The third-order valence-electron chi connectivity index (χ3n) is 7.87. The molecule has 0 amide bonds. The summed E-state index contributed by atoms with van der Waals surface area (Å²) >= 11 is 0. The molecule has 29 heavy (non-hydrogen) atoms. The summed E-state index contributed by atoms with van der Waals surface area (Å²) in [5.74, 6) is 2.53. The Balaban J connectivity index is 1.50. The lowest BCUT2D eigenvalue weighted by Gasteiger charge is -2.56. The van der Waals surface area contributed by atoms with Crippen molar-refractivity contribution in [3.8, 4) is 5.75 Å². The van der Waals surface area contributed by atoms with Gasteiger partial charge in [0.15, 0.2) is 0 Å². The largest absolute Gasteiger partial charge is 0.493 e. The van der Waals surface area contributed by atoms with E-state index >= 15 is 0 Å². The van der Waals surface area contributed by atoms with E-state index in [1.807, 2.05) is 18.2 Å². The van der Waals surface area contributed by atoms with Crippen molar-refractivity contribution < 1.29 is 14.9 Å². The first-order valence-corrected chi connectivity index (χ1v) is 11.0. The SMILES string of the molecule is C=C1CCC2[C@@H](C(C)C[C@@H](O)[C@@]2(C)CO)[C@H]1CCOc1cccc2ccccc12. The molecule has 2 aliphatic rings. The standard InChI is InChI=1S/C26H34O3/c1-17-11-12-22-25(18(2)15-24(28)26(22,3)16-27)20(17)13-14-29-23-10-6-8-19-7-4-5-9-21(19)23/h4-10,18,20,22,24-25,27-28H,1,11-16H2,2-3H3/t18?,20-,22?,24+,25-,26-/m0/s1. The Morgan fingerprint density at radius 1 is 1.17 bits per heavy atom. The molecule has 2 N–H and O–H groups in total. The minimum absolute atomic E-state index is 0.0494. The summed E-state index contributed by atoms with van der Waals surface area (Å²) in [6, 6.07) is 14.5. The van der Waals surface area contributed by atoms with Crippen molar-refractivity contribution in [2.24, 2.45) is 29.1 Å². The zero-order valence-electron chi connectivity index (χ0n) is 17.7. The molecule has 2 saturated carbocycles. The van der Waals surface area contributed by atoms with Gasteiger partial charge in [0.2, 0.25) is 0 Å². The van der Waals surface area contributed by atoms with Gasteiger partial charge in [-0.25, -0.2) is 0 Å². The van der Waals surface area contributed by atoms with Gasteiger partial charge in [-0.1, -0.05) is 62.4 Å². The highest BCUT2D eigenvalue weighted by Gasteiger charge is 2.53. The second-order valence-corrected chi connectivity index (χ2v) is 9.49. The highest BCUT2D eigenvalue weighted by atomic mass is 16.5. The number of fused-ring (bicyclic) bond motifs is 2. The number of hydrogen-bond donors (Lipinski definition) is 2. The molecule has 3 heteroatoms. The average Bonchev–Trinajstić information content (AvgIpc) is 2.73. The lowest BCUT2D eigenvalue weighted by molar-refractivity contribution is -0.135. The molecule has 0 aromatic heterocycles. The third kappa shape index (κ3) is 3.60. The lowest BCUT2D eigenvalue weighted by Crippen LogP contribution is -2.55. The normalized spacial score (nSPS) is 34.8. The molecular weight excluding hydrogens is 360 g/mol. The van der Waals surface area contributed by atoms with Crippen LogP contribution in [-0.4, -0.2) is 29.5 Å². The first-order valence-electron chi connectivity index (χ1n) is 11.0. The summed E-state index contributed by atoms with van der Waals surface area (Å²) in [5, 5.41) is 23.2. The molecule has 0 bridgehead atoms. The van der Waals surface area contributed by atoms with Crippen molar-refractivity contribution in [3.63, 3.8) is 0 Å². The van der Waals surface area contributed by atoms with Crippen LogP contribution in [0.2, 0.25) is 0 Å². The Bertz CT molecular complexity index is 870. The average molecular weight is 395 g/mol. The Labute approximate surface area is 174 Å². The number of rotatable bonds is 5. The van der Waals surface area contributed by atoms with Gasteiger partial charge in [0, 0.05) is 10.8 Å². The van der Waals surface area contributed by atoms with Gasteiger partial charge in [0.25, 0.3) is 0 Å². The van der Waals surface area contributed by atoms with E-state index in [9.17, 15) is 10.2 Å². The number of benzene rings is 2. The molecule has 2 fully saturated rings. The molecule has 2 aromatic carbocycles. The number of aliphatic hydroxyl groups excluding tert-OH is 2. The molecular formula is C26H34O3. The summed E-state index contributed by atoms with van der Waals surface area (Å²) in [5.41, 5.74) is 0.906. The first-order chi connectivity index (χ1) is 14.0. The minimum Gasteiger partial charge on any atom is -0.493 e. The Hall–Kier alpha value is -1.84. The third-order valence-corrected chi connectivity index (χ3v) is 7.87. The Kier molecular flexibility index (Phi) is 5.72. The summed E-state index contributed by atoms with van der Waals surface area (Å²) in [4.78, 5) is 0. The number of aliphatic hydroxyl groups is 2. The molecule has 6 atom stereocenters. The van der Waals surface area contributed by atoms with E-state index in [1.165, 1.54) is 11.0 Å². The quantitative estimate of drug-likeness (QED) is 0.685. The molecule has 2 unspecified atom stereocenters. The van der Waals surface area contributed by atoms with Gasteiger partial charge in [-0.2, -0.15) is 0 Å². The minimum atomic E-state index is -0.428. The van der Waals surface area contributed by atoms with E-state index < -0.39 is 11.5 Å². The van der Waals surface area contributed by atoms with Crippen LogP contribution in [0, 0.1) is 29.1 Å². The van der Waals surface area contributed by atoms with E-state index in [0.717, 1.165) is 36.8 Å². The van der Waals surface area contributed by atoms with Crippen molar-refractivity contribution in [3.05, 3.63) is 54.6 Å². The fourth-order valence-electron chi connectivity index (χ4n) is 6.10. The van der Waals surface area contributed by atoms with Gasteiger partial charge in [0.1, 0.15) is 5.75 Å². The van der Waals surface area contributed by atoms with Crippen molar-refractivity contribution >= 4 is 10.8 Å². The monoisotopic (exact) mass is 394 g/mol. The fourth-order valence-corrected chi connectivity index (χ4v) is 6.10. The van der Waals surface area contributed by atoms with Crippen molar-refractivity contribution in [2.45, 2.75) is 45.6 Å². The van der Waals surface area contributed by atoms with E-state index in [-0.39, 0.29) is 6.61 Å². The van der Waals surface area contributed by atoms with E-state index in [2.05, 4.69) is 44.7 Å². The van der Waals surface area contributed by atoms with Crippen LogP contribution in [0.25, 0.3) is 10.8 Å². The van der Waals surface area contributed by atoms with E-state index in [4.69, 9.17) is 4.74 Å². The summed E-state index contributed by atoms with van der Waals surface area (Å²) in [6.45, 7) is 9.44. The van der Waals surface area contributed by atoms with Gasteiger partial charge in [0.05, 0.1) is 19.3 Å². The lowest BCUT2D eigenvalue weighted by atomic mass is 9.50. The summed E-state index contributed by atoms with van der Waals surface area (Å²) in [6.07, 6.45) is 3.26. The molecule has 0 aliphatic heterocycles. The Morgan fingerprint density at radius 3 is 2.72 bits per heavy atom. The van der Waals surface area contributed by atoms with Crippen LogP contribution >= 0.6 is 0 Å². The molecule has 156 valence electrons. The maximum Gasteiger partial charge on any atom is 0.127 e. The van der Waals surface area contributed by atoms with Crippen molar-refractivity contribution in [1.82, 2.24) is 0 Å². The molecule has 2 aromatic rings. The molecule has 4 rings (SSSR count). The van der Waals surface area contributed by atoms with Gasteiger partial charge in [-0.3, -0.25) is 0 Å². The van der Waals surface area contributed by atoms with Crippen molar-refractivity contribution in [1.29, 1.82) is 0 Å². The molecule has 0 spiro atoms. The molecule has 0 heterocycles. The highest BCUT2D eigenvalue weighted by molar-refractivity contribution is 5.88. The topological polar surface area (TPSA) is 49.7 Å². The van der Waals surface area contributed by atoms with Gasteiger partial charge >= 0.3 is 0 Å². The molecule has 0 saturated heterocycles. The number of ether oxygens (including phenoxy) is 1. The molecule has 0 radical (unpaired) electrons. The maximum absolute atomic E-state index is 10.7. The van der Waals surface area contributed by atoms with Gasteiger partial charge in [-0.15, -0.1) is 0 Å². The maximum atomic E-state index is 10.7. The Morgan fingerprint density at radius 2 is 1.93 bits per heavy atom. The predicted molar refractivity (Wildman–Crippen MR) is 118 cm³/mol. The van der Waals surface area contributed by atoms with Crippen LogP contribution in [0.5, 0.6) is 5.75 Å². The molecule has 3 nitrogen and oxygen atoms in total. The van der Waals surface area contributed by atoms with Crippen LogP contribution in [-0.2, 0) is 0 Å². The fraction of sp³-hybridized carbons (Fsp3) is 0.538. The van der Waals surface area contributed by atoms with Crippen LogP contribution in [0.4, 0.5) is 0 Å². The van der Waals surface area contributed by atoms with Crippen LogP contribution < -0.4 is 4.74 Å². The highest BCUT2D eigenvalue weighted by Crippen LogP contribution is 2.56. The zero-order chi connectivity index (χ0) is 20.6. The predicted octanol–water partition coefficient (Wildman–Crippen LogP) is 5.21. The summed E-state index contributed by atoms with van der Waals surface area (Å²) < 4.78 is 6.24. The van der Waals surface area contributed by atoms with Crippen molar-refractivity contribution in [2.75, 3.05) is 13.2 Å². The molecule has 2 aliphatic carbocycles. The smallest absolute Gasteiger partial charge is 0.127 e. The van der Waals surface area contributed by atoms with Crippen LogP contribution in [0.1, 0.15) is 39.5 Å². The van der Waals surface area contributed by atoms with Crippen LogP contribution in [0.3, 0.4) is 0 Å². The number of allylic oxidation sites excluding steroid dienone is 1. The second-order valence-electron chi connectivity index (χ2n) is 9.49. The first kappa shape index (κ1) is 20.4. The van der Waals surface area contributed by atoms with Gasteiger partial charge in [-0.05, 0) is 60.8 Å². The number of hydrogen-bond acceptors (Lipinski definition) is 3. The van der Waals surface area contributed by atoms with Crippen LogP contribution in [0.15, 0.2) is 54.6 Å².